The van der Waals surface area contributed by atoms with Gasteiger partial charge in [-0.25, -0.2) is 4.68 Å². The second-order valence-corrected chi connectivity index (χ2v) is 5.95. The van der Waals surface area contributed by atoms with Crippen LogP contribution in [0.2, 0.25) is 5.02 Å². The molecule has 5 nitrogen and oxygen atoms in total. The van der Waals surface area contributed by atoms with E-state index in [9.17, 15) is 5.11 Å². The summed E-state index contributed by atoms with van der Waals surface area (Å²) >= 11 is 6.21. The molecule has 2 N–H and O–H groups in total. The van der Waals surface area contributed by atoms with Gasteiger partial charge in [0.15, 0.2) is 0 Å². The number of rotatable bonds is 5. The molecule has 1 aromatic heterocycles. The van der Waals surface area contributed by atoms with Crippen LogP contribution in [0.5, 0.6) is 0 Å². The van der Waals surface area contributed by atoms with E-state index in [1.807, 2.05) is 41.9 Å². The fraction of sp³-hybridized carbons (Fsp3) is 0.400. The van der Waals surface area contributed by atoms with Crippen molar-refractivity contribution >= 4 is 17.4 Å². The van der Waals surface area contributed by atoms with E-state index in [1.54, 1.807) is 0 Å². The van der Waals surface area contributed by atoms with Gasteiger partial charge in [-0.05, 0) is 19.1 Å². The molecule has 1 saturated heterocycles. The van der Waals surface area contributed by atoms with Crippen LogP contribution in [0.25, 0.3) is 5.69 Å². The maximum atomic E-state index is 9.43. The lowest BCUT2D eigenvalue weighted by molar-refractivity contribution is -0.128. The van der Waals surface area contributed by atoms with Gasteiger partial charge in [-0.3, -0.25) is 0 Å². The molecule has 0 radical (unpaired) electrons. The van der Waals surface area contributed by atoms with E-state index in [4.69, 9.17) is 16.3 Å². The van der Waals surface area contributed by atoms with Crippen molar-refractivity contribution in [2.45, 2.75) is 6.92 Å². The molecule has 2 aromatic rings. The SMILES string of the molecule is Cc1cc(NCC2(CO)COC2)nn1-c1ccccc1Cl. The second kappa shape index (κ2) is 5.67. The number of halogens is 1. The molecule has 1 aliphatic heterocycles. The number of hydrogen-bond donors (Lipinski definition) is 2. The number of ether oxygens (including phenoxy) is 1. The largest absolute Gasteiger partial charge is 0.396 e. The van der Waals surface area contributed by atoms with Crippen LogP contribution in [0.15, 0.2) is 30.3 Å². The number of nitrogens with one attached hydrogen (secondary N) is 1. The summed E-state index contributed by atoms with van der Waals surface area (Å²) < 4.78 is 7.00. The first-order valence-electron chi connectivity index (χ1n) is 6.88. The molecule has 0 atom stereocenters. The lowest BCUT2D eigenvalue weighted by atomic mass is 9.87. The lowest BCUT2D eigenvalue weighted by Gasteiger charge is -2.39. The second-order valence-electron chi connectivity index (χ2n) is 5.54. The molecule has 0 bridgehead atoms. The van der Waals surface area contributed by atoms with Crippen molar-refractivity contribution < 1.29 is 9.84 Å². The summed E-state index contributed by atoms with van der Waals surface area (Å²) in [6.45, 7) is 3.91. The first-order valence-corrected chi connectivity index (χ1v) is 7.25. The lowest BCUT2D eigenvalue weighted by Crippen LogP contribution is -2.50. The van der Waals surface area contributed by atoms with E-state index in [1.165, 1.54) is 0 Å². The molecule has 0 spiro atoms. The minimum Gasteiger partial charge on any atom is -0.396 e. The molecule has 1 aromatic carbocycles. The summed E-state index contributed by atoms with van der Waals surface area (Å²) in [6.07, 6.45) is 0. The van der Waals surface area contributed by atoms with Crippen LogP contribution in [0, 0.1) is 12.3 Å². The van der Waals surface area contributed by atoms with Crippen LogP contribution in [0.4, 0.5) is 5.82 Å². The highest BCUT2D eigenvalue weighted by Gasteiger charge is 2.38. The summed E-state index contributed by atoms with van der Waals surface area (Å²) in [5.74, 6) is 0.771. The molecule has 3 rings (SSSR count). The predicted octanol–water partition coefficient (Wildman–Crippen LogP) is 2.25. The Morgan fingerprint density at radius 1 is 1.43 bits per heavy atom. The number of para-hydroxylation sites is 1. The standard InChI is InChI=1S/C15H18ClN3O2/c1-11-6-14(17-7-15(8-20)9-21-10-15)18-19(11)13-5-3-2-4-12(13)16/h2-6,20H,7-10H2,1H3,(H,17,18). The number of aliphatic hydroxyl groups is 1. The highest BCUT2D eigenvalue weighted by molar-refractivity contribution is 6.32. The molecule has 21 heavy (non-hydrogen) atoms. The van der Waals surface area contributed by atoms with Crippen molar-refractivity contribution in [3.05, 3.63) is 41.0 Å². The molecule has 112 valence electrons. The first kappa shape index (κ1) is 14.4. The number of benzene rings is 1. The van der Waals surface area contributed by atoms with Gasteiger partial charge < -0.3 is 15.2 Å². The van der Waals surface area contributed by atoms with Crippen LogP contribution in [0.3, 0.4) is 0 Å². The van der Waals surface area contributed by atoms with Crippen LogP contribution in [-0.2, 0) is 4.74 Å². The van der Waals surface area contributed by atoms with Crippen molar-refractivity contribution in [1.29, 1.82) is 0 Å². The Labute approximate surface area is 128 Å². The van der Waals surface area contributed by atoms with E-state index < -0.39 is 0 Å². The zero-order valence-corrected chi connectivity index (χ0v) is 12.6. The molecule has 1 fully saturated rings. The number of anilines is 1. The maximum Gasteiger partial charge on any atom is 0.148 e. The molecule has 0 saturated carbocycles. The van der Waals surface area contributed by atoms with E-state index in [-0.39, 0.29) is 12.0 Å². The quantitative estimate of drug-likeness (QED) is 0.889. The zero-order chi connectivity index (χ0) is 14.9. The third kappa shape index (κ3) is 2.77. The molecule has 0 aliphatic carbocycles. The van der Waals surface area contributed by atoms with Gasteiger partial charge >= 0.3 is 0 Å². The van der Waals surface area contributed by atoms with Crippen LogP contribution < -0.4 is 5.32 Å². The molecule has 1 aliphatic rings. The van der Waals surface area contributed by atoms with Gasteiger partial charge in [-0.15, -0.1) is 0 Å². The van der Waals surface area contributed by atoms with Crippen molar-refractivity contribution in [2.75, 3.05) is 31.7 Å². The number of nitrogens with zero attached hydrogens (tertiary/aromatic N) is 2. The summed E-state index contributed by atoms with van der Waals surface area (Å²) in [6, 6.07) is 9.57. The van der Waals surface area contributed by atoms with Gasteiger partial charge in [0.2, 0.25) is 0 Å². The highest BCUT2D eigenvalue weighted by Crippen LogP contribution is 2.28. The van der Waals surface area contributed by atoms with Crippen LogP contribution in [-0.4, -0.2) is 41.3 Å². The van der Waals surface area contributed by atoms with Gasteiger partial charge in [0.1, 0.15) is 5.82 Å². The fourth-order valence-corrected chi connectivity index (χ4v) is 2.56. The fourth-order valence-electron chi connectivity index (χ4n) is 2.35. The summed E-state index contributed by atoms with van der Waals surface area (Å²) in [5.41, 5.74) is 1.67. The monoisotopic (exact) mass is 307 g/mol. The zero-order valence-electron chi connectivity index (χ0n) is 11.8. The van der Waals surface area contributed by atoms with E-state index >= 15 is 0 Å². The molecule has 0 amide bonds. The average molecular weight is 308 g/mol. The first-order chi connectivity index (χ1) is 10.1. The topological polar surface area (TPSA) is 59.3 Å². The van der Waals surface area contributed by atoms with Gasteiger partial charge in [-0.2, -0.15) is 5.10 Å². The normalized spacial score (nSPS) is 16.5. The molecular weight excluding hydrogens is 290 g/mol. The van der Waals surface area contributed by atoms with Crippen molar-refractivity contribution in [1.82, 2.24) is 9.78 Å². The molecule has 2 heterocycles. The van der Waals surface area contributed by atoms with Gasteiger partial charge in [0.25, 0.3) is 0 Å². The Morgan fingerprint density at radius 2 is 2.19 bits per heavy atom. The van der Waals surface area contributed by atoms with Crippen molar-refractivity contribution in [3.63, 3.8) is 0 Å². The minimum absolute atomic E-state index is 0.115. The third-order valence-electron chi connectivity index (χ3n) is 3.76. The summed E-state index contributed by atoms with van der Waals surface area (Å²) in [7, 11) is 0. The maximum absolute atomic E-state index is 9.43. The smallest absolute Gasteiger partial charge is 0.148 e. The van der Waals surface area contributed by atoms with E-state index in [0.29, 0.717) is 24.8 Å². The van der Waals surface area contributed by atoms with Gasteiger partial charge in [-0.1, -0.05) is 23.7 Å². The Bertz CT molecular complexity index is 632. The Hall–Kier alpha value is -1.56. The Morgan fingerprint density at radius 3 is 2.81 bits per heavy atom. The van der Waals surface area contributed by atoms with E-state index in [0.717, 1.165) is 17.2 Å². The van der Waals surface area contributed by atoms with Crippen LogP contribution >= 0.6 is 11.6 Å². The Kier molecular flexibility index (Phi) is 3.89. The molecular formula is C15H18ClN3O2. The third-order valence-corrected chi connectivity index (χ3v) is 4.08. The van der Waals surface area contributed by atoms with Gasteiger partial charge in [0, 0.05) is 18.3 Å². The minimum atomic E-state index is -0.178. The van der Waals surface area contributed by atoms with Gasteiger partial charge in [0.05, 0.1) is 35.9 Å². The molecule has 6 heteroatoms. The van der Waals surface area contributed by atoms with Crippen molar-refractivity contribution in [2.24, 2.45) is 5.41 Å². The summed E-state index contributed by atoms with van der Waals surface area (Å²) in [4.78, 5) is 0. The Balaban J connectivity index is 1.77. The predicted molar refractivity (Wildman–Crippen MR) is 82.1 cm³/mol. The van der Waals surface area contributed by atoms with E-state index in [2.05, 4.69) is 10.4 Å². The molecule has 0 unspecified atom stereocenters. The van der Waals surface area contributed by atoms with Crippen molar-refractivity contribution in [3.8, 4) is 5.69 Å². The number of aryl methyl sites for hydroxylation is 1. The average Bonchev–Trinajstić information content (AvgIpc) is 2.80. The van der Waals surface area contributed by atoms with Crippen LogP contribution in [0.1, 0.15) is 5.69 Å². The number of aliphatic hydroxyl groups excluding tert-OH is 1. The number of hydrogen-bond acceptors (Lipinski definition) is 4. The number of aromatic nitrogens is 2. The summed E-state index contributed by atoms with van der Waals surface area (Å²) in [5, 5.41) is 17.9. The highest BCUT2D eigenvalue weighted by atomic mass is 35.5.